The summed E-state index contributed by atoms with van der Waals surface area (Å²) in [5.41, 5.74) is 2.82. The zero-order valence-electron chi connectivity index (χ0n) is 11.7. The van der Waals surface area contributed by atoms with Gasteiger partial charge in [0.15, 0.2) is 5.82 Å². The van der Waals surface area contributed by atoms with E-state index < -0.39 is 4.92 Å². The number of anilines is 1. The van der Waals surface area contributed by atoms with Crippen molar-refractivity contribution in [2.75, 3.05) is 5.43 Å². The molecule has 3 rings (SSSR count). The van der Waals surface area contributed by atoms with E-state index in [2.05, 4.69) is 20.7 Å². The van der Waals surface area contributed by atoms with Crippen molar-refractivity contribution in [3.8, 4) is 5.75 Å². The number of non-ortho nitro benzene ring substituents is 1. The van der Waals surface area contributed by atoms with Crippen LogP contribution in [0.25, 0.3) is 10.8 Å². The van der Waals surface area contributed by atoms with E-state index in [4.69, 9.17) is 0 Å². The molecule has 8 heteroatoms. The lowest BCUT2D eigenvalue weighted by atomic mass is 10.2. The lowest BCUT2D eigenvalue weighted by molar-refractivity contribution is -0.384. The van der Waals surface area contributed by atoms with Crippen LogP contribution in [0.4, 0.5) is 11.5 Å². The number of nitro groups is 1. The summed E-state index contributed by atoms with van der Waals surface area (Å²) in [6, 6.07) is 11.2. The maximum absolute atomic E-state index is 10.8. The number of benzene rings is 2. The average molecular weight is 309 g/mol. The minimum atomic E-state index is -0.541. The van der Waals surface area contributed by atoms with Gasteiger partial charge in [-0.2, -0.15) is 10.2 Å². The van der Waals surface area contributed by atoms with Gasteiger partial charge in [0.25, 0.3) is 5.69 Å². The van der Waals surface area contributed by atoms with Crippen molar-refractivity contribution in [2.45, 2.75) is 0 Å². The number of fused-ring (bicyclic) bond motifs is 1. The lowest BCUT2D eigenvalue weighted by Crippen LogP contribution is -1.97. The van der Waals surface area contributed by atoms with Gasteiger partial charge in [0.2, 0.25) is 0 Å². The third kappa shape index (κ3) is 3.05. The van der Waals surface area contributed by atoms with Crippen molar-refractivity contribution in [2.24, 2.45) is 5.10 Å². The van der Waals surface area contributed by atoms with Gasteiger partial charge in [-0.3, -0.25) is 15.5 Å². The van der Waals surface area contributed by atoms with E-state index in [0.717, 1.165) is 10.8 Å². The van der Waals surface area contributed by atoms with E-state index in [1.165, 1.54) is 24.4 Å². The lowest BCUT2D eigenvalue weighted by Gasteiger charge is -2.03. The smallest absolute Gasteiger partial charge is 0.270 e. The topological polar surface area (TPSA) is 114 Å². The van der Waals surface area contributed by atoms with E-state index in [-0.39, 0.29) is 17.0 Å². The van der Waals surface area contributed by atoms with Gasteiger partial charge in [0, 0.05) is 28.5 Å². The standard InChI is InChI=1S/C15H11N5O3/c21-14-6-5-12(20(22)23)7-11(14)9-17-19-15-13-4-2-1-3-10(13)8-16-18-15/h1-9,21H,(H,18,19)/b17-9+. The summed E-state index contributed by atoms with van der Waals surface area (Å²) in [4.78, 5) is 10.2. The highest BCUT2D eigenvalue weighted by Gasteiger charge is 2.08. The maximum Gasteiger partial charge on any atom is 0.270 e. The summed E-state index contributed by atoms with van der Waals surface area (Å²) in [5, 5.41) is 34.0. The number of aromatic nitrogens is 2. The zero-order valence-corrected chi connectivity index (χ0v) is 11.7. The van der Waals surface area contributed by atoms with E-state index in [1.807, 2.05) is 24.3 Å². The Morgan fingerprint density at radius 2 is 2.09 bits per heavy atom. The molecule has 0 bridgehead atoms. The molecule has 2 N–H and O–H groups in total. The molecule has 8 nitrogen and oxygen atoms in total. The van der Waals surface area contributed by atoms with Crippen LogP contribution in [0, 0.1) is 10.1 Å². The van der Waals surface area contributed by atoms with Crippen molar-refractivity contribution in [3.05, 3.63) is 64.3 Å². The number of nitro benzene ring substituents is 1. The Bertz CT molecular complexity index is 905. The summed E-state index contributed by atoms with van der Waals surface area (Å²) in [6.07, 6.45) is 2.92. The Balaban J connectivity index is 1.86. The van der Waals surface area contributed by atoms with Crippen molar-refractivity contribution >= 4 is 28.5 Å². The first-order valence-corrected chi connectivity index (χ1v) is 6.62. The van der Waals surface area contributed by atoms with Crippen molar-refractivity contribution in [1.82, 2.24) is 10.2 Å². The minimum Gasteiger partial charge on any atom is -0.507 e. The van der Waals surface area contributed by atoms with Crippen LogP contribution in [-0.2, 0) is 0 Å². The zero-order chi connectivity index (χ0) is 16.2. The molecule has 0 fully saturated rings. The predicted molar refractivity (Wildman–Crippen MR) is 85.5 cm³/mol. The number of nitrogens with zero attached hydrogens (tertiary/aromatic N) is 4. The molecule has 0 unspecified atom stereocenters. The van der Waals surface area contributed by atoms with E-state index in [9.17, 15) is 15.2 Å². The fourth-order valence-electron chi connectivity index (χ4n) is 2.03. The highest BCUT2D eigenvalue weighted by Crippen LogP contribution is 2.22. The SMILES string of the molecule is O=[N+]([O-])c1ccc(O)c(/C=N/Nc2nncc3ccccc23)c1. The van der Waals surface area contributed by atoms with Gasteiger partial charge in [0.1, 0.15) is 5.75 Å². The minimum absolute atomic E-state index is 0.106. The van der Waals surface area contributed by atoms with Gasteiger partial charge in [-0.25, -0.2) is 0 Å². The van der Waals surface area contributed by atoms with Crippen LogP contribution in [0.2, 0.25) is 0 Å². The Hall–Kier alpha value is -3.55. The van der Waals surface area contributed by atoms with E-state index >= 15 is 0 Å². The summed E-state index contributed by atoms with van der Waals surface area (Å²) in [6.45, 7) is 0. The quantitative estimate of drug-likeness (QED) is 0.435. The molecule has 23 heavy (non-hydrogen) atoms. The van der Waals surface area contributed by atoms with Crippen LogP contribution in [0.1, 0.15) is 5.56 Å². The molecule has 114 valence electrons. The largest absolute Gasteiger partial charge is 0.507 e. The Kier molecular flexibility index (Phi) is 3.79. The molecular formula is C15H11N5O3. The fourth-order valence-corrected chi connectivity index (χ4v) is 2.03. The number of hydrogen-bond acceptors (Lipinski definition) is 7. The molecule has 1 aromatic heterocycles. The van der Waals surface area contributed by atoms with Gasteiger partial charge in [-0.15, -0.1) is 5.10 Å². The Labute approximate surface area is 130 Å². The maximum atomic E-state index is 10.8. The first-order valence-electron chi connectivity index (χ1n) is 6.62. The normalized spacial score (nSPS) is 11.0. The van der Waals surface area contributed by atoms with Crippen molar-refractivity contribution in [3.63, 3.8) is 0 Å². The monoisotopic (exact) mass is 309 g/mol. The summed E-state index contributed by atoms with van der Waals surface area (Å²) >= 11 is 0. The molecule has 0 aliphatic heterocycles. The Morgan fingerprint density at radius 1 is 1.26 bits per heavy atom. The van der Waals surface area contributed by atoms with E-state index in [0.29, 0.717) is 5.82 Å². The summed E-state index contributed by atoms with van der Waals surface area (Å²) < 4.78 is 0. The molecular weight excluding hydrogens is 298 g/mol. The first-order chi connectivity index (χ1) is 11.1. The third-order valence-corrected chi connectivity index (χ3v) is 3.17. The number of hydrogen-bond donors (Lipinski definition) is 2. The third-order valence-electron chi connectivity index (χ3n) is 3.17. The molecule has 2 aromatic carbocycles. The summed E-state index contributed by atoms with van der Waals surface area (Å²) in [7, 11) is 0. The molecule has 0 amide bonds. The van der Waals surface area contributed by atoms with Gasteiger partial charge >= 0.3 is 0 Å². The molecule has 0 aliphatic carbocycles. The molecule has 0 atom stereocenters. The van der Waals surface area contributed by atoms with Gasteiger partial charge in [0.05, 0.1) is 17.3 Å². The van der Waals surface area contributed by atoms with Gasteiger partial charge in [-0.1, -0.05) is 24.3 Å². The number of rotatable bonds is 4. The van der Waals surface area contributed by atoms with Crippen molar-refractivity contribution < 1.29 is 10.0 Å². The van der Waals surface area contributed by atoms with Crippen molar-refractivity contribution in [1.29, 1.82) is 0 Å². The van der Waals surface area contributed by atoms with Crippen LogP contribution >= 0.6 is 0 Å². The predicted octanol–water partition coefficient (Wildman–Crippen LogP) is 2.69. The molecule has 0 radical (unpaired) electrons. The molecule has 0 saturated carbocycles. The second kappa shape index (κ2) is 6.06. The van der Waals surface area contributed by atoms with E-state index in [1.54, 1.807) is 6.20 Å². The molecule has 0 spiro atoms. The second-order valence-corrected chi connectivity index (χ2v) is 4.65. The molecule has 1 heterocycles. The van der Waals surface area contributed by atoms with Crippen LogP contribution < -0.4 is 5.43 Å². The van der Waals surface area contributed by atoms with Crippen LogP contribution in [0.3, 0.4) is 0 Å². The number of phenolic OH excluding ortho intramolecular Hbond substituents is 1. The highest BCUT2D eigenvalue weighted by atomic mass is 16.6. The van der Waals surface area contributed by atoms with Gasteiger partial charge in [-0.05, 0) is 6.07 Å². The Morgan fingerprint density at radius 3 is 2.91 bits per heavy atom. The highest BCUT2D eigenvalue weighted by molar-refractivity contribution is 5.91. The molecule has 0 saturated heterocycles. The number of hydrazone groups is 1. The first kappa shape index (κ1) is 14.4. The van der Waals surface area contributed by atoms with Gasteiger partial charge < -0.3 is 5.11 Å². The average Bonchev–Trinajstić information content (AvgIpc) is 2.56. The summed E-state index contributed by atoms with van der Waals surface area (Å²) in [5.74, 6) is 0.342. The molecule has 0 aliphatic rings. The van der Waals surface area contributed by atoms with Crippen LogP contribution in [0.15, 0.2) is 53.8 Å². The second-order valence-electron chi connectivity index (χ2n) is 4.65. The number of phenols is 1. The molecule has 3 aromatic rings. The number of nitrogens with one attached hydrogen (secondary N) is 1. The fraction of sp³-hybridized carbons (Fsp3) is 0. The number of aromatic hydroxyl groups is 1. The van der Waals surface area contributed by atoms with Crippen LogP contribution in [0.5, 0.6) is 5.75 Å². The van der Waals surface area contributed by atoms with Crippen LogP contribution in [-0.4, -0.2) is 26.4 Å².